The van der Waals surface area contributed by atoms with Crippen LogP contribution in [0.3, 0.4) is 0 Å². The fourth-order valence-corrected chi connectivity index (χ4v) is 3.09. The highest BCUT2D eigenvalue weighted by atomic mass is 16.7. The third-order valence-electron chi connectivity index (χ3n) is 4.63. The number of aliphatic hydroxyl groups is 3. The number of aliphatic hydroxyl groups excluding tert-OH is 3. The lowest BCUT2D eigenvalue weighted by Gasteiger charge is -2.39. The van der Waals surface area contributed by atoms with Crippen LogP contribution in [0.1, 0.15) is 12.5 Å². The van der Waals surface area contributed by atoms with Gasteiger partial charge in [0.2, 0.25) is 6.29 Å². The van der Waals surface area contributed by atoms with Gasteiger partial charge in [-0.15, -0.1) is 0 Å². The Kier molecular flexibility index (Phi) is 5.31. The molecule has 1 fully saturated rings. The van der Waals surface area contributed by atoms with Crippen molar-refractivity contribution in [3.05, 3.63) is 30.0 Å². The molecule has 3 rings (SSSR count). The van der Waals surface area contributed by atoms with Crippen molar-refractivity contribution in [2.75, 3.05) is 20.6 Å². The van der Waals surface area contributed by atoms with Gasteiger partial charge in [-0.1, -0.05) is 6.07 Å². The Bertz CT molecular complexity index is 717. The smallest absolute Gasteiger partial charge is 0.229 e. The molecule has 5 atom stereocenters. The normalized spacial score (nSPS) is 30.1. The van der Waals surface area contributed by atoms with Crippen molar-refractivity contribution in [3.63, 3.8) is 0 Å². The van der Waals surface area contributed by atoms with E-state index < -0.39 is 30.7 Å². The summed E-state index contributed by atoms with van der Waals surface area (Å²) in [6, 6.07) is 5.63. The number of likely N-dealkylation sites (N-methyl/N-ethyl adjacent to an activating group) is 1. The van der Waals surface area contributed by atoms with Gasteiger partial charge in [-0.3, -0.25) is 0 Å². The SMILES string of the molecule is CC1OC(Oc2cccc3[nH]cc(CCN(C)C)c23)C(O)C(O)C1O. The van der Waals surface area contributed by atoms with E-state index in [9.17, 15) is 15.3 Å². The number of aromatic nitrogens is 1. The predicted octanol–water partition coefficient (Wildman–Crippen LogP) is 0.478. The van der Waals surface area contributed by atoms with Crippen LogP contribution in [-0.2, 0) is 11.2 Å². The van der Waals surface area contributed by atoms with Crippen molar-refractivity contribution < 1.29 is 24.8 Å². The van der Waals surface area contributed by atoms with E-state index >= 15 is 0 Å². The Morgan fingerprint density at radius 1 is 1.16 bits per heavy atom. The molecule has 5 unspecified atom stereocenters. The van der Waals surface area contributed by atoms with Crippen LogP contribution in [0.5, 0.6) is 5.75 Å². The first-order valence-corrected chi connectivity index (χ1v) is 8.48. The molecular weight excluding hydrogens is 324 g/mol. The van der Waals surface area contributed by atoms with E-state index in [0.717, 1.165) is 29.4 Å². The van der Waals surface area contributed by atoms with Crippen molar-refractivity contribution in [1.82, 2.24) is 9.88 Å². The van der Waals surface area contributed by atoms with Gasteiger partial charge >= 0.3 is 0 Å². The maximum absolute atomic E-state index is 10.2. The summed E-state index contributed by atoms with van der Waals surface area (Å²) in [5.74, 6) is 0.576. The summed E-state index contributed by atoms with van der Waals surface area (Å²) in [7, 11) is 4.04. The van der Waals surface area contributed by atoms with E-state index in [1.807, 2.05) is 38.5 Å². The zero-order chi connectivity index (χ0) is 18.1. The van der Waals surface area contributed by atoms with Crippen molar-refractivity contribution in [2.24, 2.45) is 0 Å². The lowest BCUT2D eigenvalue weighted by atomic mass is 10.00. The molecule has 0 radical (unpaired) electrons. The first-order valence-electron chi connectivity index (χ1n) is 8.48. The molecule has 1 aromatic heterocycles. The molecule has 0 aliphatic carbocycles. The average molecular weight is 350 g/mol. The number of nitrogens with zero attached hydrogens (tertiary/aromatic N) is 1. The quantitative estimate of drug-likeness (QED) is 0.626. The molecule has 25 heavy (non-hydrogen) atoms. The predicted molar refractivity (Wildman–Crippen MR) is 93.5 cm³/mol. The molecule has 2 heterocycles. The van der Waals surface area contributed by atoms with Crippen LogP contribution < -0.4 is 4.74 Å². The number of H-pyrrole nitrogens is 1. The molecule has 7 nitrogen and oxygen atoms in total. The number of hydrogen-bond acceptors (Lipinski definition) is 6. The maximum Gasteiger partial charge on any atom is 0.229 e. The summed E-state index contributed by atoms with van der Waals surface area (Å²) in [5.41, 5.74) is 2.04. The Labute approximate surface area is 146 Å². The van der Waals surface area contributed by atoms with E-state index in [2.05, 4.69) is 9.88 Å². The number of rotatable bonds is 5. The van der Waals surface area contributed by atoms with Crippen LogP contribution in [0, 0.1) is 0 Å². The van der Waals surface area contributed by atoms with E-state index in [0.29, 0.717) is 5.75 Å². The third-order valence-corrected chi connectivity index (χ3v) is 4.63. The van der Waals surface area contributed by atoms with Gasteiger partial charge in [-0.05, 0) is 45.1 Å². The molecule has 0 saturated carbocycles. The number of benzene rings is 1. The van der Waals surface area contributed by atoms with E-state index in [1.54, 1.807) is 6.92 Å². The maximum atomic E-state index is 10.2. The average Bonchev–Trinajstić information content (AvgIpc) is 3.00. The first kappa shape index (κ1) is 18.2. The molecule has 0 bridgehead atoms. The monoisotopic (exact) mass is 350 g/mol. The minimum Gasteiger partial charge on any atom is -0.461 e. The zero-order valence-electron chi connectivity index (χ0n) is 14.7. The Balaban J connectivity index is 1.87. The first-order chi connectivity index (χ1) is 11.9. The van der Waals surface area contributed by atoms with Gasteiger partial charge in [-0.25, -0.2) is 0 Å². The summed E-state index contributed by atoms with van der Waals surface area (Å²) in [5, 5.41) is 30.9. The number of fused-ring (bicyclic) bond motifs is 1. The van der Waals surface area contributed by atoms with Gasteiger partial charge in [-0.2, -0.15) is 0 Å². The standard InChI is InChI=1S/C18H26N2O5/c1-10-15(21)16(22)17(23)18(24-10)25-13-6-4-5-12-14(13)11(9-19-12)7-8-20(2)3/h4-6,9-10,15-19,21-23H,7-8H2,1-3H3. The summed E-state index contributed by atoms with van der Waals surface area (Å²) in [6.45, 7) is 2.53. The van der Waals surface area contributed by atoms with Crippen molar-refractivity contribution >= 4 is 10.9 Å². The Morgan fingerprint density at radius 3 is 2.64 bits per heavy atom. The van der Waals surface area contributed by atoms with Crippen LogP contribution in [0.4, 0.5) is 0 Å². The van der Waals surface area contributed by atoms with Gasteiger partial charge < -0.3 is 34.7 Å². The van der Waals surface area contributed by atoms with Crippen molar-refractivity contribution in [2.45, 2.75) is 44.1 Å². The molecule has 1 saturated heterocycles. The van der Waals surface area contributed by atoms with Crippen LogP contribution in [0.2, 0.25) is 0 Å². The molecule has 1 aliphatic rings. The summed E-state index contributed by atoms with van der Waals surface area (Å²) in [6.07, 6.45) is -2.66. The molecule has 7 heteroatoms. The topological polar surface area (TPSA) is 98.2 Å². The van der Waals surface area contributed by atoms with E-state index in [-0.39, 0.29) is 0 Å². The van der Waals surface area contributed by atoms with Crippen LogP contribution in [-0.4, -0.2) is 76.5 Å². The van der Waals surface area contributed by atoms with Crippen LogP contribution >= 0.6 is 0 Å². The lowest BCUT2D eigenvalue weighted by molar-refractivity contribution is -0.267. The second-order valence-electron chi connectivity index (χ2n) is 6.85. The summed E-state index contributed by atoms with van der Waals surface area (Å²) >= 11 is 0. The van der Waals surface area contributed by atoms with Gasteiger partial charge in [0.05, 0.1) is 6.10 Å². The zero-order valence-corrected chi connectivity index (χ0v) is 14.7. The van der Waals surface area contributed by atoms with Gasteiger partial charge in [0.25, 0.3) is 0 Å². The van der Waals surface area contributed by atoms with Gasteiger partial charge in [0.15, 0.2) is 0 Å². The third kappa shape index (κ3) is 3.65. The molecule has 0 amide bonds. The Morgan fingerprint density at radius 2 is 1.92 bits per heavy atom. The highest BCUT2D eigenvalue weighted by Gasteiger charge is 2.43. The molecule has 4 N–H and O–H groups in total. The summed E-state index contributed by atoms with van der Waals surface area (Å²) in [4.78, 5) is 5.34. The molecule has 1 aliphatic heterocycles. The van der Waals surface area contributed by atoms with Gasteiger partial charge in [0.1, 0.15) is 24.1 Å². The van der Waals surface area contributed by atoms with Crippen LogP contribution in [0.25, 0.3) is 10.9 Å². The largest absolute Gasteiger partial charge is 0.461 e. The second kappa shape index (κ2) is 7.31. The van der Waals surface area contributed by atoms with Crippen molar-refractivity contribution in [3.8, 4) is 5.75 Å². The Hall–Kier alpha value is -1.64. The lowest BCUT2D eigenvalue weighted by Crippen LogP contribution is -2.58. The minimum atomic E-state index is -1.33. The molecule has 138 valence electrons. The number of aromatic amines is 1. The van der Waals surface area contributed by atoms with Gasteiger partial charge in [0, 0.05) is 23.6 Å². The fraction of sp³-hybridized carbons (Fsp3) is 0.556. The second-order valence-corrected chi connectivity index (χ2v) is 6.85. The number of hydrogen-bond donors (Lipinski definition) is 4. The minimum absolute atomic E-state index is 0.576. The van der Waals surface area contributed by atoms with E-state index in [1.165, 1.54) is 0 Å². The molecular formula is C18H26N2O5. The van der Waals surface area contributed by atoms with Crippen LogP contribution in [0.15, 0.2) is 24.4 Å². The molecule has 0 spiro atoms. The number of ether oxygens (including phenoxy) is 2. The molecule has 2 aromatic rings. The van der Waals surface area contributed by atoms with Crippen molar-refractivity contribution in [1.29, 1.82) is 0 Å². The highest BCUT2D eigenvalue weighted by molar-refractivity contribution is 5.89. The number of nitrogens with one attached hydrogen (secondary N) is 1. The summed E-state index contributed by atoms with van der Waals surface area (Å²) < 4.78 is 11.4. The highest BCUT2D eigenvalue weighted by Crippen LogP contribution is 2.32. The molecule has 1 aromatic carbocycles. The fourth-order valence-electron chi connectivity index (χ4n) is 3.09. The van der Waals surface area contributed by atoms with E-state index in [4.69, 9.17) is 9.47 Å².